The van der Waals surface area contributed by atoms with Gasteiger partial charge in [0.25, 0.3) is 0 Å². The van der Waals surface area contributed by atoms with Gasteiger partial charge < -0.3 is 29.9 Å². The molecule has 2 heterocycles. The van der Waals surface area contributed by atoms with Crippen molar-refractivity contribution in [2.75, 3.05) is 12.8 Å². The van der Waals surface area contributed by atoms with E-state index < -0.39 is 56.1 Å². The molecule has 1 fully saturated rings. The molecule has 34 heavy (non-hydrogen) atoms. The number of carbonyl (C=O) groups excluding carboxylic acids is 1. The molecule has 0 spiro atoms. The van der Waals surface area contributed by atoms with Gasteiger partial charge in [-0.15, -0.1) is 0 Å². The molecule has 3 rings (SSSR count). The lowest BCUT2D eigenvalue weighted by Gasteiger charge is -2.28. The highest BCUT2D eigenvalue weighted by molar-refractivity contribution is 7.52. The van der Waals surface area contributed by atoms with E-state index in [9.17, 15) is 24.4 Å². The third kappa shape index (κ3) is 5.81. The zero-order chi connectivity index (χ0) is 25.0. The Labute approximate surface area is 195 Å². The smallest absolute Gasteiger partial charge is 0.459 e. The zero-order valence-corrected chi connectivity index (χ0v) is 19.6. The summed E-state index contributed by atoms with van der Waals surface area (Å²) in [5.41, 5.74) is 4.69. The van der Waals surface area contributed by atoms with E-state index in [1.54, 1.807) is 18.2 Å². The molecule has 0 bridgehead atoms. The fourth-order valence-corrected chi connectivity index (χ4v) is 5.06. The van der Waals surface area contributed by atoms with Gasteiger partial charge in [0.2, 0.25) is 0 Å². The van der Waals surface area contributed by atoms with Crippen LogP contribution in [0.25, 0.3) is 0 Å². The molecule has 1 aromatic heterocycles. The molecule has 7 unspecified atom stereocenters. The molecule has 13 nitrogen and oxygen atoms in total. The molecular weight excluding hydrogens is 471 g/mol. The molecule has 2 aromatic rings. The monoisotopic (exact) mass is 498 g/mol. The van der Waals surface area contributed by atoms with Crippen molar-refractivity contribution in [3.05, 3.63) is 53.1 Å². The summed E-state index contributed by atoms with van der Waals surface area (Å²) in [4.78, 5) is 27.6. The van der Waals surface area contributed by atoms with E-state index in [2.05, 4.69) is 14.8 Å². The molecule has 5 N–H and O–H groups in total. The van der Waals surface area contributed by atoms with Crippen molar-refractivity contribution in [1.29, 1.82) is 0 Å². The van der Waals surface area contributed by atoms with Crippen LogP contribution in [-0.4, -0.2) is 63.3 Å². The molecule has 0 aliphatic carbocycles. The molecule has 1 aliphatic rings. The lowest BCUT2D eigenvalue weighted by atomic mass is 10.1. The number of nitrogens with one attached hydrogen (secondary N) is 1. The zero-order valence-electron chi connectivity index (χ0n) is 18.7. The van der Waals surface area contributed by atoms with Crippen LogP contribution in [-0.2, 0) is 23.4 Å². The number of aromatic nitrogens is 2. The third-order valence-corrected chi connectivity index (χ3v) is 6.81. The number of nitrogens with two attached hydrogens (primary N) is 1. The number of methoxy groups -OCH3 is 1. The second-order valence-corrected chi connectivity index (χ2v) is 9.25. The van der Waals surface area contributed by atoms with E-state index in [0.717, 1.165) is 4.57 Å². The number of aliphatic hydroxyl groups is 2. The first-order valence-corrected chi connectivity index (χ1v) is 11.8. The minimum atomic E-state index is -4.25. The van der Waals surface area contributed by atoms with Gasteiger partial charge in [0.05, 0.1) is 13.2 Å². The van der Waals surface area contributed by atoms with E-state index >= 15 is 0 Å². The SMILES string of the molecule is COC(=O)C(C)NP(=O)(Oc1ccccc1)OC(C)C1OC(n2ccc(N)nc2=O)C(O)C1O. The van der Waals surface area contributed by atoms with Gasteiger partial charge in [0.15, 0.2) is 6.23 Å². The summed E-state index contributed by atoms with van der Waals surface area (Å²) < 4.78 is 36.0. The first-order valence-electron chi connectivity index (χ1n) is 10.3. The van der Waals surface area contributed by atoms with E-state index in [1.165, 1.54) is 45.4 Å². The number of hydrogen-bond acceptors (Lipinski definition) is 11. The summed E-state index contributed by atoms with van der Waals surface area (Å²) in [6, 6.07) is 8.35. The summed E-state index contributed by atoms with van der Waals surface area (Å²) in [5, 5.41) is 23.5. The summed E-state index contributed by atoms with van der Waals surface area (Å²) in [5.74, 6) is -0.545. The van der Waals surface area contributed by atoms with Gasteiger partial charge in [-0.3, -0.25) is 13.9 Å². The van der Waals surface area contributed by atoms with Gasteiger partial charge in [-0.1, -0.05) is 18.2 Å². The topological polar surface area (TPSA) is 184 Å². The average Bonchev–Trinajstić information content (AvgIpc) is 3.08. The number of nitrogen functional groups attached to an aromatic ring is 1. The molecule has 1 saturated heterocycles. The molecule has 1 aliphatic heterocycles. The van der Waals surface area contributed by atoms with E-state index in [0.29, 0.717) is 0 Å². The van der Waals surface area contributed by atoms with Crippen molar-refractivity contribution in [1.82, 2.24) is 14.6 Å². The fraction of sp³-hybridized carbons (Fsp3) is 0.450. The van der Waals surface area contributed by atoms with E-state index in [-0.39, 0.29) is 11.6 Å². The van der Waals surface area contributed by atoms with Crippen molar-refractivity contribution >= 4 is 19.5 Å². The molecule has 186 valence electrons. The summed E-state index contributed by atoms with van der Waals surface area (Å²) in [7, 11) is -3.08. The maximum Gasteiger partial charge on any atom is 0.459 e. The Morgan fingerprint density at radius 3 is 2.53 bits per heavy atom. The van der Waals surface area contributed by atoms with Gasteiger partial charge in [0.1, 0.15) is 35.9 Å². The average molecular weight is 498 g/mol. The lowest BCUT2D eigenvalue weighted by Crippen LogP contribution is -2.41. The summed E-state index contributed by atoms with van der Waals surface area (Å²) >= 11 is 0. The van der Waals surface area contributed by atoms with Crippen LogP contribution in [0.2, 0.25) is 0 Å². The fourth-order valence-electron chi connectivity index (χ4n) is 3.37. The first kappa shape index (κ1) is 25.8. The molecule has 0 radical (unpaired) electrons. The van der Waals surface area contributed by atoms with Gasteiger partial charge in [-0.05, 0) is 32.0 Å². The van der Waals surface area contributed by atoms with Gasteiger partial charge >= 0.3 is 19.4 Å². The van der Waals surface area contributed by atoms with Crippen molar-refractivity contribution < 1.29 is 38.1 Å². The van der Waals surface area contributed by atoms with Crippen LogP contribution in [0.15, 0.2) is 47.4 Å². The Morgan fingerprint density at radius 1 is 1.24 bits per heavy atom. The highest BCUT2D eigenvalue weighted by Crippen LogP contribution is 2.47. The number of esters is 1. The largest absolute Gasteiger partial charge is 0.468 e. The van der Waals surface area contributed by atoms with Crippen LogP contribution in [0.1, 0.15) is 20.1 Å². The number of para-hydroxylation sites is 1. The molecule has 7 atom stereocenters. The maximum absolute atomic E-state index is 13.6. The third-order valence-electron chi connectivity index (χ3n) is 5.04. The highest BCUT2D eigenvalue weighted by Gasteiger charge is 2.49. The summed E-state index contributed by atoms with van der Waals surface area (Å²) in [6.45, 7) is 2.83. The van der Waals surface area contributed by atoms with Crippen molar-refractivity contribution in [3.63, 3.8) is 0 Å². The minimum Gasteiger partial charge on any atom is -0.468 e. The van der Waals surface area contributed by atoms with Crippen LogP contribution in [0.4, 0.5) is 5.82 Å². The number of nitrogens with zero attached hydrogens (tertiary/aromatic N) is 2. The van der Waals surface area contributed by atoms with Gasteiger partial charge in [0, 0.05) is 6.20 Å². The Balaban J connectivity index is 1.82. The van der Waals surface area contributed by atoms with Crippen LogP contribution in [0.3, 0.4) is 0 Å². The van der Waals surface area contributed by atoms with Crippen LogP contribution in [0.5, 0.6) is 5.75 Å². The van der Waals surface area contributed by atoms with Crippen LogP contribution >= 0.6 is 7.75 Å². The molecule has 0 amide bonds. The Hall–Kier alpha value is -2.80. The minimum absolute atomic E-state index is 0.0210. The normalized spacial score (nSPS) is 25.8. The first-order chi connectivity index (χ1) is 16.0. The lowest BCUT2D eigenvalue weighted by molar-refractivity contribution is -0.142. The summed E-state index contributed by atoms with van der Waals surface area (Å²) in [6.07, 6.45) is -5.46. The van der Waals surface area contributed by atoms with Crippen LogP contribution < -0.4 is 21.0 Å². The number of benzene rings is 1. The quantitative estimate of drug-likeness (QED) is 0.272. The van der Waals surface area contributed by atoms with Gasteiger partial charge in [-0.25, -0.2) is 9.36 Å². The number of carbonyl (C=O) groups is 1. The Morgan fingerprint density at radius 2 is 1.91 bits per heavy atom. The second kappa shape index (κ2) is 10.6. The Kier molecular flexibility index (Phi) is 8.08. The number of aliphatic hydroxyl groups excluding tert-OH is 2. The van der Waals surface area contributed by atoms with Crippen molar-refractivity contribution in [3.8, 4) is 5.75 Å². The Bertz CT molecular complexity index is 1100. The number of anilines is 1. The molecule has 0 saturated carbocycles. The van der Waals surface area contributed by atoms with Gasteiger partial charge in [-0.2, -0.15) is 10.1 Å². The molecular formula is C20H27N4O9P. The van der Waals surface area contributed by atoms with Crippen LogP contribution in [0, 0.1) is 0 Å². The standard InChI is InChI=1S/C20H27N4O9P/c1-11(19(27)30-3)23-34(29,33-13-7-5-4-6-8-13)32-12(2)17-15(25)16(26)18(31-17)24-10-9-14(21)22-20(24)28/h4-12,15-18,25-26H,1-3H3,(H,23,29)(H2,21,22,28). The van der Waals surface area contributed by atoms with Crippen molar-refractivity contribution in [2.45, 2.75) is 50.5 Å². The maximum atomic E-state index is 13.6. The predicted molar refractivity (Wildman–Crippen MR) is 119 cm³/mol. The van der Waals surface area contributed by atoms with Crippen molar-refractivity contribution in [2.24, 2.45) is 0 Å². The predicted octanol–water partition coefficient (Wildman–Crippen LogP) is 0.188. The van der Waals surface area contributed by atoms with E-state index in [4.69, 9.17) is 19.5 Å². The molecule has 1 aromatic carbocycles. The van der Waals surface area contributed by atoms with E-state index in [1.807, 2.05) is 0 Å². The number of hydrogen-bond donors (Lipinski definition) is 4. The number of rotatable bonds is 9. The molecule has 14 heteroatoms. The highest BCUT2D eigenvalue weighted by atomic mass is 31.2. The second-order valence-electron chi connectivity index (χ2n) is 7.60. The number of ether oxygens (including phenoxy) is 2.